The molecule has 0 atom stereocenters. The molecule has 0 saturated heterocycles. The molecule has 3 N–H and O–H groups in total. The van der Waals surface area contributed by atoms with Crippen LogP contribution in [0.4, 0.5) is 4.79 Å². The standard InChI is InChI=1S/C21H49N3O7Si2/c1-7-26-32(27-8-2,28-9-3)19-13-15-22-17-18-24-21(25)23-16-14-20-33(29-10-4,30-11-5)31-12-6/h22H,7-20H2,1-6H3,(H2,23,24,25). The van der Waals surface area contributed by atoms with Crippen LogP contribution in [-0.4, -0.2) is 89.5 Å². The van der Waals surface area contributed by atoms with Gasteiger partial charge in [-0.25, -0.2) is 4.79 Å². The Bertz CT molecular complexity index is 445. The Labute approximate surface area is 203 Å². The van der Waals surface area contributed by atoms with E-state index in [1.54, 1.807) is 0 Å². The van der Waals surface area contributed by atoms with Gasteiger partial charge in [0.15, 0.2) is 0 Å². The summed E-state index contributed by atoms with van der Waals surface area (Å²) in [6.45, 7) is 17.7. The van der Waals surface area contributed by atoms with Crippen molar-refractivity contribution < 1.29 is 31.4 Å². The van der Waals surface area contributed by atoms with Crippen LogP contribution in [0.25, 0.3) is 0 Å². The van der Waals surface area contributed by atoms with Gasteiger partial charge in [-0.1, -0.05) is 0 Å². The lowest BCUT2D eigenvalue weighted by Gasteiger charge is -2.28. The summed E-state index contributed by atoms with van der Waals surface area (Å²) in [5, 5.41) is 9.08. The fourth-order valence-corrected chi connectivity index (χ4v) is 8.62. The van der Waals surface area contributed by atoms with Crippen molar-refractivity contribution >= 4 is 23.6 Å². The van der Waals surface area contributed by atoms with Crippen LogP contribution in [-0.2, 0) is 26.6 Å². The molecule has 0 unspecified atom stereocenters. The number of amides is 2. The van der Waals surface area contributed by atoms with E-state index >= 15 is 0 Å². The summed E-state index contributed by atoms with van der Waals surface area (Å²) in [5.74, 6) is 0. The maximum atomic E-state index is 12.0. The second-order valence-electron chi connectivity index (χ2n) is 7.10. The molecule has 0 saturated carbocycles. The highest BCUT2D eigenvalue weighted by Gasteiger charge is 2.40. The molecule has 0 aliphatic rings. The van der Waals surface area contributed by atoms with Crippen LogP contribution in [0.1, 0.15) is 54.4 Å². The van der Waals surface area contributed by atoms with Crippen LogP contribution in [0.2, 0.25) is 12.1 Å². The minimum atomic E-state index is -2.65. The molecule has 0 aromatic rings. The highest BCUT2D eigenvalue weighted by Crippen LogP contribution is 2.18. The summed E-state index contributed by atoms with van der Waals surface area (Å²) in [7, 11) is -5.22. The molecule has 12 heteroatoms. The fraction of sp³-hybridized carbons (Fsp3) is 0.952. The molecule has 0 aromatic heterocycles. The highest BCUT2D eigenvalue weighted by atomic mass is 28.4. The zero-order chi connectivity index (χ0) is 24.8. The van der Waals surface area contributed by atoms with Gasteiger partial charge in [-0.05, 0) is 60.9 Å². The van der Waals surface area contributed by atoms with E-state index in [0.29, 0.717) is 65.3 Å². The third-order valence-corrected chi connectivity index (χ3v) is 10.9. The van der Waals surface area contributed by atoms with Crippen LogP contribution in [0.3, 0.4) is 0 Å². The normalized spacial score (nSPS) is 12.2. The van der Waals surface area contributed by atoms with Crippen molar-refractivity contribution in [1.29, 1.82) is 0 Å². The predicted octanol–water partition coefficient (Wildman–Crippen LogP) is 2.75. The number of carbonyl (C=O) groups is 1. The summed E-state index contributed by atoms with van der Waals surface area (Å²) in [6, 6.07) is 1.28. The van der Waals surface area contributed by atoms with Crippen molar-refractivity contribution in [3.8, 4) is 0 Å². The molecule has 33 heavy (non-hydrogen) atoms. The number of urea groups is 1. The number of rotatable bonds is 23. The van der Waals surface area contributed by atoms with Crippen LogP contribution >= 0.6 is 0 Å². The van der Waals surface area contributed by atoms with Crippen molar-refractivity contribution in [2.24, 2.45) is 0 Å². The average molecular weight is 512 g/mol. The van der Waals surface area contributed by atoms with Gasteiger partial charge in [0.25, 0.3) is 0 Å². The molecule has 10 nitrogen and oxygen atoms in total. The quantitative estimate of drug-likeness (QED) is 0.142. The maximum Gasteiger partial charge on any atom is 0.500 e. The van der Waals surface area contributed by atoms with E-state index in [-0.39, 0.29) is 6.03 Å². The molecule has 0 aromatic carbocycles. The Morgan fingerprint density at radius 1 is 0.545 bits per heavy atom. The summed E-state index contributed by atoms with van der Waals surface area (Å²) in [4.78, 5) is 12.0. The zero-order valence-electron chi connectivity index (χ0n) is 21.8. The summed E-state index contributed by atoms with van der Waals surface area (Å²) >= 11 is 0. The molecule has 198 valence electrons. The molecule has 0 aliphatic heterocycles. The largest absolute Gasteiger partial charge is 0.500 e. The Balaban J connectivity index is 4.03. The summed E-state index contributed by atoms with van der Waals surface area (Å²) < 4.78 is 35.1. The van der Waals surface area contributed by atoms with Crippen molar-refractivity contribution in [2.45, 2.75) is 66.5 Å². The van der Waals surface area contributed by atoms with Gasteiger partial charge >= 0.3 is 23.6 Å². The van der Waals surface area contributed by atoms with Crippen LogP contribution < -0.4 is 16.0 Å². The Morgan fingerprint density at radius 3 is 1.30 bits per heavy atom. The van der Waals surface area contributed by atoms with E-state index in [0.717, 1.165) is 25.4 Å². The van der Waals surface area contributed by atoms with Gasteiger partial charge in [0.1, 0.15) is 0 Å². The van der Waals surface area contributed by atoms with Gasteiger partial charge < -0.3 is 42.5 Å². The molecule has 0 rings (SSSR count). The van der Waals surface area contributed by atoms with Crippen molar-refractivity contribution in [3.05, 3.63) is 0 Å². The molecule has 0 aliphatic carbocycles. The van der Waals surface area contributed by atoms with E-state index < -0.39 is 17.6 Å². The number of nitrogens with one attached hydrogen (secondary N) is 3. The van der Waals surface area contributed by atoms with Gasteiger partial charge in [0.2, 0.25) is 0 Å². The van der Waals surface area contributed by atoms with Crippen molar-refractivity contribution in [1.82, 2.24) is 16.0 Å². The number of hydrogen-bond acceptors (Lipinski definition) is 8. The lowest BCUT2D eigenvalue weighted by molar-refractivity contribution is 0.0700. The van der Waals surface area contributed by atoms with Gasteiger partial charge in [-0.15, -0.1) is 0 Å². The van der Waals surface area contributed by atoms with Crippen LogP contribution in [0, 0.1) is 0 Å². The second-order valence-corrected chi connectivity index (χ2v) is 12.6. The van der Waals surface area contributed by atoms with Crippen LogP contribution in [0.15, 0.2) is 0 Å². The maximum absolute atomic E-state index is 12.0. The van der Waals surface area contributed by atoms with Crippen molar-refractivity contribution in [3.63, 3.8) is 0 Å². The summed E-state index contributed by atoms with van der Waals surface area (Å²) in [6.07, 6.45) is 1.63. The molecule has 0 fully saturated rings. The van der Waals surface area contributed by atoms with Gasteiger partial charge in [0.05, 0.1) is 0 Å². The average Bonchev–Trinajstić information content (AvgIpc) is 2.77. The van der Waals surface area contributed by atoms with E-state index in [9.17, 15) is 4.79 Å². The third kappa shape index (κ3) is 15.1. The van der Waals surface area contributed by atoms with E-state index in [2.05, 4.69) is 16.0 Å². The molecule has 0 spiro atoms. The van der Waals surface area contributed by atoms with Crippen molar-refractivity contribution in [2.75, 3.05) is 65.8 Å². The first-order chi connectivity index (χ1) is 16.0. The van der Waals surface area contributed by atoms with Gasteiger partial charge in [-0.3, -0.25) is 0 Å². The molecule has 0 heterocycles. The smallest absolute Gasteiger partial charge is 0.374 e. The lowest BCUT2D eigenvalue weighted by Crippen LogP contribution is -2.47. The van der Waals surface area contributed by atoms with E-state index in [1.807, 2.05) is 41.5 Å². The molecule has 0 radical (unpaired) electrons. The number of carbonyl (C=O) groups excluding carboxylic acids is 1. The van der Waals surface area contributed by atoms with Crippen LogP contribution in [0.5, 0.6) is 0 Å². The Kier molecular flexibility index (Phi) is 20.4. The second kappa shape index (κ2) is 20.8. The first-order valence-corrected chi connectivity index (χ1v) is 16.4. The van der Waals surface area contributed by atoms with Gasteiger partial charge in [-0.2, -0.15) is 0 Å². The minimum Gasteiger partial charge on any atom is -0.374 e. The first kappa shape index (κ1) is 32.4. The molecular formula is C21H49N3O7Si2. The SMILES string of the molecule is CCO[Si](CCCNCCNC(=O)NCCC[Si](OCC)(OCC)OCC)(OCC)OCC. The fourth-order valence-electron chi connectivity index (χ4n) is 3.39. The minimum absolute atomic E-state index is 0.177. The first-order valence-electron chi connectivity index (χ1n) is 12.5. The molecular weight excluding hydrogens is 462 g/mol. The van der Waals surface area contributed by atoms with Gasteiger partial charge in [0, 0.05) is 71.4 Å². The monoisotopic (exact) mass is 511 g/mol. The molecule has 2 amide bonds. The predicted molar refractivity (Wildman–Crippen MR) is 134 cm³/mol. The Hall–Kier alpha value is -0.576. The summed E-state index contributed by atoms with van der Waals surface area (Å²) in [5.41, 5.74) is 0. The van der Waals surface area contributed by atoms with E-state index in [4.69, 9.17) is 26.6 Å². The highest BCUT2D eigenvalue weighted by molar-refractivity contribution is 6.61. The van der Waals surface area contributed by atoms with E-state index in [1.165, 1.54) is 0 Å². The molecule has 0 bridgehead atoms. The zero-order valence-corrected chi connectivity index (χ0v) is 23.8. The third-order valence-electron chi connectivity index (χ3n) is 4.55. The number of hydrogen-bond donors (Lipinski definition) is 3. The Morgan fingerprint density at radius 2 is 0.909 bits per heavy atom. The lowest BCUT2D eigenvalue weighted by atomic mass is 10.4. The topological polar surface area (TPSA) is 109 Å².